The van der Waals surface area contributed by atoms with Crippen molar-refractivity contribution in [1.29, 1.82) is 0 Å². The van der Waals surface area contributed by atoms with Gasteiger partial charge in [-0.2, -0.15) is 0 Å². The molecule has 2 atom stereocenters. The van der Waals surface area contributed by atoms with Gasteiger partial charge >= 0.3 is 0 Å². The van der Waals surface area contributed by atoms with Crippen LogP contribution in [0.2, 0.25) is 0 Å². The van der Waals surface area contributed by atoms with Crippen LogP contribution >= 0.6 is 0 Å². The molecule has 0 spiro atoms. The fourth-order valence-corrected chi connectivity index (χ4v) is 2.80. The first kappa shape index (κ1) is 13.3. The molecule has 2 unspecified atom stereocenters. The number of hydrogen-bond donors (Lipinski definition) is 1. The zero-order valence-electron chi connectivity index (χ0n) is 11.1. The second kappa shape index (κ2) is 5.69. The van der Waals surface area contributed by atoms with Crippen molar-refractivity contribution in [3.63, 3.8) is 0 Å². The van der Waals surface area contributed by atoms with E-state index < -0.39 is 0 Å². The molecule has 2 saturated heterocycles. The third kappa shape index (κ3) is 3.02. The van der Waals surface area contributed by atoms with E-state index >= 15 is 0 Å². The molecule has 2 rings (SSSR count). The zero-order chi connectivity index (χ0) is 13.1. The van der Waals surface area contributed by atoms with E-state index in [2.05, 4.69) is 0 Å². The minimum absolute atomic E-state index is 0.0793. The summed E-state index contributed by atoms with van der Waals surface area (Å²) < 4.78 is 0. The highest BCUT2D eigenvalue weighted by molar-refractivity contribution is 5.85. The molecule has 5 heteroatoms. The summed E-state index contributed by atoms with van der Waals surface area (Å²) in [6, 6.07) is 0.133. The number of carbonyl (C=O) groups excluding carboxylic acids is 2. The van der Waals surface area contributed by atoms with Crippen LogP contribution < -0.4 is 5.73 Å². The normalized spacial score (nSPS) is 26.6. The highest BCUT2D eigenvalue weighted by Crippen LogP contribution is 2.19. The van der Waals surface area contributed by atoms with Gasteiger partial charge < -0.3 is 15.5 Å². The minimum atomic E-state index is 0.0793. The van der Waals surface area contributed by atoms with E-state index in [0.717, 1.165) is 38.9 Å². The maximum Gasteiger partial charge on any atom is 0.242 e. The van der Waals surface area contributed by atoms with Crippen LogP contribution in [0.5, 0.6) is 0 Å². The third-order valence-electron chi connectivity index (χ3n) is 4.05. The second-order valence-electron chi connectivity index (χ2n) is 5.52. The van der Waals surface area contributed by atoms with E-state index in [1.54, 1.807) is 4.90 Å². The second-order valence-corrected chi connectivity index (χ2v) is 5.52. The van der Waals surface area contributed by atoms with Crippen molar-refractivity contribution in [2.75, 3.05) is 26.2 Å². The van der Waals surface area contributed by atoms with E-state index in [9.17, 15) is 9.59 Å². The van der Waals surface area contributed by atoms with Gasteiger partial charge in [0.15, 0.2) is 0 Å². The molecule has 2 fully saturated rings. The van der Waals surface area contributed by atoms with Crippen molar-refractivity contribution in [3.8, 4) is 0 Å². The predicted octanol–water partition coefficient (Wildman–Crippen LogP) is 0.195. The maximum atomic E-state index is 12.2. The van der Waals surface area contributed by atoms with Crippen molar-refractivity contribution < 1.29 is 9.59 Å². The molecule has 0 aromatic heterocycles. The van der Waals surface area contributed by atoms with Gasteiger partial charge in [-0.25, -0.2) is 0 Å². The highest BCUT2D eigenvalue weighted by atomic mass is 16.2. The van der Waals surface area contributed by atoms with Gasteiger partial charge in [-0.15, -0.1) is 0 Å². The lowest BCUT2D eigenvalue weighted by Gasteiger charge is -2.35. The van der Waals surface area contributed by atoms with Crippen LogP contribution in [-0.2, 0) is 9.59 Å². The van der Waals surface area contributed by atoms with Gasteiger partial charge in [0.2, 0.25) is 11.8 Å². The van der Waals surface area contributed by atoms with Gasteiger partial charge in [0.05, 0.1) is 6.54 Å². The van der Waals surface area contributed by atoms with Crippen LogP contribution in [0.25, 0.3) is 0 Å². The van der Waals surface area contributed by atoms with Crippen LogP contribution in [0.15, 0.2) is 0 Å². The lowest BCUT2D eigenvalue weighted by Crippen LogP contribution is -2.48. The van der Waals surface area contributed by atoms with Gasteiger partial charge in [0, 0.05) is 32.1 Å². The lowest BCUT2D eigenvalue weighted by molar-refractivity contribution is -0.139. The first-order valence-electron chi connectivity index (χ1n) is 6.89. The molecule has 0 aromatic carbocycles. The Morgan fingerprint density at radius 3 is 2.83 bits per heavy atom. The van der Waals surface area contributed by atoms with Gasteiger partial charge in [0.25, 0.3) is 0 Å². The Morgan fingerprint density at radius 2 is 2.22 bits per heavy atom. The summed E-state index contributed by atoms with van der Waals surface area (Å²) >= 11 is 0. The Morgan fingerprint density at radius 1 is 1.44 bits per heavy atom. The van der Waals surface area contributed by atoms with Gasteiger partial charge in [-0.05, 0) is 32.1 Å². The van der Waals surface area contributed by atoms with E-state index in [1.807, 2.05) is 11.8 Å². The molecule has 18 heavy (non-hydrogen) atoms. The average molecular weight is 253 g/mol. The molecule has 5 nitrogen and oxygen atoms in total. The van der Waals surface area contributed by atoms with Crippen LogP contribution in [0, 0.1) is 5.92 Å². The number of piperidine rings is 1. The summed E-state index contributed by atoms with van der Waals surface area (Å²) in [5, 5.41) is 0. The molecule has 0 aromatic rings. The molecular formula is C13H23N3O2. The highest BCUT2D eigenvalue weighted by Gasteiger charge is 2.29. The summed E-state index contributed by atoms with van der Waals surface area (Å²) in [5.74, 6) is 0.594. The summed E-state index contributed by atoms with van der Waals surface area (Å²) in [4.78, 5) is 27.2. The smallest absolute Gasteiger partial charge is 0.242 e. The van der Waals surface area contributed by atoms with Gasteiger partial charge in [-0.3, -0.25) is 9.59 Å². The van der Waals surface area contributed by atoms with Crippen molar-refractivity contribution >= 4 is 11.8 Å². The molecule has 2 amide bonds. The summed E-state index contributed by atoms with van der Waals surface area (Å²) in [6.07, 6.45) is 3.60. The number of amides is 2. The topological polar surface area (TPSA) is 66.6 Å². The molecule has 2 aliphatic rings. The predicted molar refractivity (Wildman–Crippen MR) is 68.8 cm³/mol. The van der Waals surface area contributed by atoms with Crippen LogP contribution in [0.4, 0.5) is 0 Å². The Hall–Kier alpha value is -1.10. The molecule has 2 aliphatic heterocycles. The fraction of sp³-hybridized carbons (Fsp3) is 0.846. The molecule has 102 valence electrons. The molecule has 0 bridgehead atoms. The first-order valence-corrected chi connectivity index (χ1v) is 6.89. The Bertz CT molecular complexity index is 330. The number of hydrogen-bond acceptors (Lipinski definition) is 3. The number of rotatable bonds is 3. The van der Waals surface area contributed by atoms with E-state index in [-0.39, 0.29) is 24.4 Å². The fourth-order valence-electron chi connectivity index (χ4n) is 2.80. The summed E-state index contributed by atoms with van der Waals surface area (Å²) in [7, 11) is 0. The number of likely N-dealkylation sites (tertiary alicyclic amines) is 2. The van der Waals surface area contributed by atoms with E-state index in [0.29, 0.717) is 12.3 Å². The van der Waals surface area contributed by atoms with Crippen molar-refractivity contribution in [2.24, 2.45) is 11.7 Å². The van der Waals surface area contributed by atoms with Crippen LogP contribution in [0.3, 0.4) is 0 Å². The number of nitrogens with zero attached hydrogens (tertiary/aromatic N) is 2. The van der Waals surface area contributed by atoms with Crippen LogP contribution in [-0.4, -0.2) is 53.8 Å². The lowest BCUT2D eigenvalue weighted by atomic mass is 9.92. The third-order valence-corrected chi connectivity index (χ3v) is 4.05. The monoisotopic (exact) mass is 253 g/mol. The molecule has 2 heterocycles. The Labute approximate surface area is 108 Å². The SMILES string of the molecule is CC(N)C1CCCN(C(=O)CN2CCCC2=O)C1. The summed E-state index contributed by atoms with van der Waals surface area (Å²) in [6.45, 7) is 4.55. The largest absolute Gasteiger partial charge is 0.341 e. The standard InChI is InChI=1S/C13H23N3O2/c1-10(14)11-4-2-6-15(8-11)13(18)9-16-7-3-5-12(16)17/h10-11H,2-9,14H2,1H3. The van der Waals surface area contributed by atoms with Gasteiger partial charge in [-0.1, -0.05) is 0 Å². The minimum Gasteiger partial charge on any atom is -0.341 e. The first-order chi connectivity index (χ1) is 8.58. The number of carbonyl (C=O) groups is 2. The van der Waals surface area contributed by atoms with Gasteiger partial charge in [0.1, 0.15) is 0 Å². The molecule has 2 N–H and O–H groups in total. The Kier molecular flexibility index (Phi) is 4.22. The van der Waals surface area contributed by atoms with Crippen molar-refractivity contribution in [2.45, 2.75) is 38.6 Å². The Balaban J connectivity index is 1.86. The van der Waals surface area contributed by atoms with E-state index in [4.69, 9.17) is 5.73 Å². The zero-order valence-corrected chi connectivity index (χ0v) is 11.1. The van der Waals surface area contributed by atoms with Crippen molar-refractivity contribution in [1.82, 2.24) is 9.80 Å². The maximum absolute atomic E-state index is 12.2. The van der Waals surface area contributed by atoms with E-state index in [1.165, 1.54) is 0 Å². The molecule has 0 saturated carbocycles. The quantitative estimate of drug-likeness (QED) is 0.781. The molecular weight excluding hydrogens is 230 g/mol. The van der Waals surface area contributed by atoms with Crippen molar-refractivity contribution in [3.05, 3.63) is 0 Å². The molecule has 0 aliphatic carbocycles. The number of nitrogens with two attached hydrogens (primary N) is 1. The molecule has 0 radical (unpaired) electrons. The van der Waals surface area contributed by atoms with Crippen LogP contribution in [0.1, 0.15) is 32.6 Å². The average Bonchev–Trinajstić information content (AvgIpc) is 2.75. The summed E-state index contributed by atoms with van der Waals surface area (Å²) in [5.41, 5.74) is 5.91.